The lowest BCUT2D eigenvalue weighted by atomic mass is 9.79. The number of benzene rings is 2. The summed E-state index contributed by atoms with van der Waals surface area (Å²) in [7, 11) is 0. The smallest absolute Gasteiger partial charge is 0.167 e. The normalized spacial score (nSPS) is 11.0. The molecule has 0 saturated carbocycles. The van der Waals surface area contributed by atoms with Crippen LogP contribution in [0.4, 0.5) is 0 Å². The molecule has 0 aliphatic carbocycles. The standard InChI is InChI=1S/C33H44O8/c1-8-9-10-11-12-21(26-30(38)22(15-13-17(2)3)28(36)24(19(6)34)32(26)40)27-31(39)23(16-14-18(4)5)29(37)25(20(7)35)33(27)41/h13-14,21,36-41H,8-12,15-16H2,1-7H3. The second kappa shape index (κ2) is 14.1. The third kappa shape index (κ3) is 7.23. The minimum Gasteiger partial charge on any atom is -0.507 e. The van der Waals surface area contributed by atoms with Crippen LogP contribution in [0.3, 0.4) is 0 Å². The van der Waals surface area contributed by atoms with Gasteiger partial charge in [0.05, 0.1) is 0 Å². The maximum atomic E-state index is 12.6. The number of carbonyl (C=O) groups excluding carboxylic acids is 2. The van der Waals surface area contributed by atoms with Gasteiger partial charge in [-0.15, -0.1) is 0 Å². The molecular weight excluding hydrogens is 524 g/mol. The van der Waals surface area contributed by atoms with E-state index in [1.165, 1.54) is 13.8 Å². The first-order chi connectivity index (χ1) is 19.2. The Morgan fingerprint density at radius 3 is 1.29 bits per heavy atom. The highest BCUT2D eigenvalue weighted by molar-refractivity contribution is 6.02. The van der Waals surface area contributed by atoms with Crippen LogP contribution in [0.15, 0.2) is 23.3 Å². The summed E-state index contributed by atoms with van der Waals surface area (Å²) in [4.78, 5) is 25.2. The summed E-state index contributed by atoms with van der Waals surface area (Å²) < 4.78 is 0. The number of ketones is 2. The van der Waals surface area contributed by atoms with Crippen LogP contribution in [0, 0.1) is 0 Å². The van der Waals surface area contributed by atoms with E-state index in [1.807, 2.05) is 34.6 Å². The zero-order chi connectivity index (χ0) is 31.2. The SMILES string of the molecule is CCCCCCC(c1c(O)c(CC=C(C)C)c(O)c(C(C)=O)c1O)c1c(O)c(CC=C(C)C)c(O)c(C(C)=O)c1O. The maximum absolute atomic E-state index is 12.6. The first-order valence-electron chi connectivity index (χ1n) is 14.0. The van der Waals surface area contributed by atoms with Gasteiger partial charge in [-0.05, 0) is 60.8 Å². The molecule has 0 bridgehead atoms. The summed E-state index contributed by atoms with van der Waals surface area (Å²) in [5, 5.41) is 67.6. The van der Waals surface area contributed by atoms with E-state index in [0.717, 1.165) is 30.4 Å². The summed E-state index contributed by atoms with van der Waals surface area (Å²) in [5.74, 6) is -5.78. The first kappa shape index (κ1) is 33.3. The molecule has 0 atom stereocenters. The second-order valence-corrected chi connectivity index (χ2v) is 11.1. The molecule has 8 nitrogen and oxygen atoms in total. The van der Waals surface area contributed by atoms with Crippen LogP contribution >= 0.6 is 0 Å². The fourth-order valence-corrected chi connectivity index (χ4v) is 5.10. The van der Waals surface area contributed by atoms with Crippen molar-refractivity contribution in [3.8, 4) is 34.5 Å². The van der Waals surface area contributed by atoms with Gasteiger partial charge in [0.2, 0.25) is 0 Å². The first-order valence-corrected chi connectivity index (χ1v) is 14.0. The van der Waals surface area contributed by atoms with Crippen molar-refractivity contribution in [2.24, 2.45) is 0 Å². The zero-order valence-electron chi connectivity index (χ0n) is 25.2. The molecule has 0 unspecified atom stereocenters. The van der Waals surface area contributed by atoms with Crippen molar-refractivity contribution in [2.75, 3.05) is 0 Å². The lowest BCUT2D eigenvalue weighted by molar-refractivity contribution is 0.0998. The van der Waals surface area contributed by atoms with E-state index in [0.29, 0.717) is 6.42 Å². The molecule has 0 amide bonds. The van der Waals surface area contributed by atoms with Crippen LogP contribution in [0.25, 0.3) is 0 Å². The summed E-state index contributed by atoms with van der Waals surface area (Å²) >= 11 is 0. The van der Waals surface area contributed by atoms with E-state index in [-0.39, 0.29) is 52.6 Å². The number of phenols is 6. The Balaban J connectivity index is 3.10. The highest BCUT2D eigenvalue weighted by atomic mass is 16.3. The van der Waals surface area contributed by atoms with Gasteiger partial charge in [-0.3, -0.25) is 9.59 Å². The largest absolute Gasteiger partial charge is 0.507 e. The van der Waals surface area contributed by atoms with Crippen LogP contribution < -0.4 is 0 Å². The fraction of sp³-hybridized carbons (Fsp3) is 0.455. The van der Waals surface area contributed by atoms with Gasteiger partial charge in [0.1, 0.15) is 45.6 Å². The average Bonchev–Trinajstić information content (AvgIpc) is 2.85. The number of hydrogen-bond donors (Lipinski definition) is 6. The molecule has 0 saturated heterocycles. The van der Waals surface area contributed by atoms with Crippen molar-refractivity contribution in [3.05, 3.63) is 56.7 Å². The number of carbonyl (C=O) groups is 2. The van der Waals surface area contributed by atoms with Crippen molar-refractivity contribution < 1.29 is 40.2 Å². The van der Waals surface area contributed by atoms with Gasteiger partial charge in [0, 0.05) is 28.2 Å². The number of phenolic OH excluding ortho intramolecular Hbond substituents is 6. The van der Waals surface area contributed by atoms with Gasteiger partial charge < -0.3 is 30.6 Å². The maximum Gasteiger partial charge on any atom is 0.167 e. The average molecular weight is 569 g/mol. The Kier molecular flexibility index (Phi) is 11.4. The van der Waals surface area contributed by atoms with E-state index in [4.69, 9.17) is 0 Å². The molecule has 0 radical (unpaired) electrons. The number of hydrogen-bond acceptors (Lipinski definition) is 8. The lowest BCUT2D eigenvalue weighted by Crippen LogP contribution is -2.11. The second-order valence-electron chi connectivity index (χ2n) is 11.1. The lowest BCUT2D eigenvalue weighted by Gasteiger charge is -2.27. The van der Waals surface area contributed by atoms with E-state index < -0.39 is 52.0 Å². The molecule has 0 aliphatic heterocycles. The number of rotatable bonds is 13. The number of Topliss-reactive ketones (excluding diaryl/α,β-unsaturated/α-hetero) is 2. The number of aromatic hydroxyl groups is 6. The monoisotopic (exact) mass is 568 g/mol. The predicted molar refractivity (Wildman–Crippen MR) is 160 cm³/mol. The number of allylic oxidation sites excluding steroid dienone is 4. The molecule has 2 aromatic carbocycles. The minimum atomic E-state index is -1.10. The molecule has 8 heteroatoms. The Morgan fingerprint density at radius 2 is 0.976 bits per heavy atom. The van der Waals surface area contributed by atoms with Gasteiger partial charge >= 0.3 is 0 Å². The van der Waals surface area contributed by atoms with E-state index in [1.54, 1.807) is 12.2 Å². The summed E-state index contributed by atoms with van der Waals surface area (Å²) in [6.45, 7) is 11.7. The van der Waals surface area contributed by atoms with E-state index >= 15 is 0 Å². The summed E-state index contributed by atoms with van der Waals surface area (Å²) in [6.07, 6.45) is 6.93. The van der Waals surface area contributed by atoms with Crippen LogP contribution in [-0.4, -0.2) is 42.2 Å². The molecule has 0 fully saturated rings. The summed E-state index contributed by atoms with van der Waals surface area (Å²) in [5.41, 5.74) is 0.728. The summed E-state index contributed by atoms with van der Waals surface area (Å²) in [6, 6.07) is 0. The Labute approximate surface area is 242 Å². The van der Waals surface area contributed by atoms with E-state index in [9.17, 15) is 40.2 Å². The van der Waals surface area contributed by atoms with Gasteiger partial charge in [-0.25, -0.2) is 0 Å². The van der Waals surface area contributed by atoms with Crippen molar-refractivity contribution >= 4 is 11.6 Å². The highest BCUT2D eigenvalue weighted by Gasteiger charge is 2.36. The Bertz CT molecular complexity index is 1270. The van der Waals surface area contributed by atoms with Crippen molar-refractivity contribution in [1.82, 2.24) is 0 Å². The molecule has 2 rings (SSSR count). The molecule has 0 aliphatic rings. The number of unbranched alkanes of at least 4 members (excludes halogenated alkanes) is 3. The van der Waals surface area contributed by atoms with Crippen LogP contribution in [0.1, 0.15) is 129 Å². The van der Waals surface area contributed by atoms with Crippen molar-refractivity contribution in [1.29, 1.82) is 0 Å². The van der Waals surface area contributed by atoms with Crippen LogP contribution in [0.5, 0.6) is 34.5 Å². The molecule has 0 spiro atoms. The molecule has 0 aromatic heterocycles. The van der Waals surface area contributed by atoms with Crippen molar-refractivity contribution in [3.63, 3.8) is 0 Å². The topological polar surface area (TPSA) is 156 Å². The Hall–Kier alpha value is -3.94. The molecule has 0 heterocycles. The quantitative estimate of drug-likeness (QED) is 0.0827. The molecule has 6 N–H and O–H groups in total. The van der Waals surface area contributed by atoms with Gasteiger partial charge in [0.25, 0.3) is 0 Å². The fourth-order valence-electron chi connectivity index (χ4n) is 5.10. The molecule has 41 heavy (non-hydrogen) atoms. The Morgan fingerprint density at radius 1 is 0.585 bits per heavy atom. The van der Waals surface area contributed by atoms with Crippen molar-refractivity contribution in [2.45, 2.75) is 99.3 Å². The van der Waals surface area contributed by atoms with Gasteiger partial charge in [-0.1, -0.05) is 55.9 Å². The third-order valence-corrected chi connectivity index (χ3v) is 7.29. The molecular formula is C33H44O8. The minimum absolute atomic E-state index is 0.0112. The van der Waals surface area contributed by atoms with Gasteiger partial charge in [0.15, 0.2) is 11.6 Å². The molecule has 2 aromatic rings. The predicted octanol–water partition coefficient (Wildman–Crippen LogP) is 7.45. The third-order valence-electron chi connectivity index (χ3n) is 7.29. The van der Waals surface area contributed by atoms with Gasteiger partial charge in [-0.2, -0.15) is 0 Å². The van der Waals surface area contributed by atoms with Crippen LogP contribution in [0.2, 0.25) is 0 Å². The van der Waals surface area contributed by atoms with E-state index in [2.05, 4.69) is 0 Å². The highest BCUT2D eigenvalue weighted by Crippen LogP contribution is 2.54. The van der Waals surface area contributed by atoms with Crippen LogP contribution in [-0.2, 0) is 12.8 Å². The zero-order valence-corrected chi connectivity index (χ0v) is 25.2. The molecule has 224 valence electrons.